The quantitative estimate of drug-likeness (QED) is 0.545. The van der Waals surface area contributed by atoms with Gasteiger partial charge in [-0.2, -0.15) is 4.31 Å². The van der Waals surface area contributed by atoms with Gasteiger partial charge in [0, 0.05) is 44.3 Å². The summed E-state index contributed by atoms with van der Waals surface area (Å²) in [5.74, 6) is 0.0830. The molecule has 2 N–H and O–H groups in total. The van der Waals surface area contributed by atoms with Gasteiger partial charge in [0.2, 0.25) is 15.9 Å². The first-order chi connectivity index (χ1) is 15.9. The van der Waals surface area contributed by atoms with Gasteiger partial charge in [0.05, 0.1) is 11.0 Å². The fourth-order valence-corrected chi connectivity index (χ4v) is 6.20. The molecule has 3 heterocycles. The van der Waals surface area contributed by atoms with E-state index in [1.54, 1.807) is 12.1 Å². The lowest BCUT2D eigenvalue weighted by Crippen LogP contribution is -2.37. The van der Waals surface area contributed by atoms with Crippen molar-refractivity contribution in [3.05, 3.63) is 42.5 Å². The zero-order valence-corrected chi connectivity index (χ0v) is 19.4. The Morgan fingerprint density at radius 3 is 2.55 bits per heavy atom. The van der Waals surface area contributed by atoms with E-state index >= 15 is 0 Å². The predicted molar refractivity (Wildman–Crippen MR) is 121 cm³/mol. The van der Waals surface area contributed by atoms with E-state index in [0.29, 0.717) is 31.0 Å². The van der Waals surface area contributed by atoms with E-state index in [-0.39, 0.29) is 35.3 Å². The molecule has 2 amide bonds. The lowest BCUT2D eigenvalue weighted by molar-refractivity contribution is -0.120. The molecule has 1 aromatic carbocycles. The summed E-state index contributed by atoms with van der Waals surface area (Å²) in [4.78, 5) is 24.0. The third-order valence-electron chi connectivity index (χ3n) is 6.63. The molecule has 0 aromatic heterocycles. The van der Waals surface area contributed by atoms with Crippen LogP contribution < -0.4 is 10.6 Å². The first-order valence-electron chi connectivity index (χ1n) is 11.4. The summed E-state index contributed by atoms with van der Waals surface area (Å²) >= 11 is 0. The normalized spacial score (nSPS) is 26.0. The van der Waals surface area contributed by atoms with Crippen LogP contribution in [0.2, 0.25) is 0 Å². The number of amides is 2. The summed E-state index contributed by atoms with van der Waals surface area (Å²) < 4.78 is 38.7. The highest BCUT2D eigenvalue weighted by molar-refractivity contribution is 7.89. The Labute approximate surface area is 194 Å². The molecule has 3 aliphatic heterocycles. The predicted octanol–water partition coefficient (Wildman–Crippen LogP) is 1.27. The summed E-state index contributed by atoms with van der Waals surface area (Å²) in [6.07, 6.45) is 4.04. The van der Waals surface area contributed by atoms with Crippen LogP contribution >= 0.6 is 0 Å². The van der Waals surface area contributed by atoms with Gasteiger partial charge < -0.3 is 20.1 Å². The number of nitrogens with zero attached hydrogens (tertiary/aromatic N) is 1. The molecule has 180 valence electrons. The maximum absolute atomic E-state index is 13.1. The van der Waals surface area contributed by atoms with Crippen molar-refractivity contribution >= 4 is 21.8 Å². The van der Waals surface area contributed by atoms with E-state index in [0.717, 1.165) is 32.5 Å². The van der Waals surface area contributed by atoms with Gasteiger partial charge in [-0.25, -0.2) is 8.42 Å². The van der Waals surface area contributed by atoms with Gasteiger partial charge in [0.15, 0.2) is 0 Å². The van der Waals surface area contributed by atoms with Crippen LogP contribution in [0.5, 0.6) is 0 Å². The minimum Gasteiger partial charge on any atom is -0.381 e. The lowest BCUT2D eigenvalue weighted by atomic mass is 9.97. The molecule has 3 saturated heterocycles. The van der Waals surface area contributed by atoms with Gasteiger partial charge in [0.25, 0.3) is 5.91 Å². The Morgan fingerprint density at radius 2 is 1.88 bits per heavy atom. The molecule has 9 nitrogen and oxygen atoms in total. The largest absolute Gasteiger partial charge is 0.381 e. The van der Waals surface area contributed by atoms with E-state index in [4.69, 9.17) is 9.47 Å². The molecule has 1 aromatic rings. The van der Waals surface area contributed by atoms with Gasteiger partial charge in [-0.05, 0) is 61.9 Å². The minimum absolute atomic E-state index is 0.0238. The molecule has 0 aliphatic carbocycles. The summed E-state index contributed by atoms with van der Waals surface area (Å²) in [7, 11) is -3.69. The molecular weight excluding hydrogens is 446 g/mol. The molecule has 33 heavy (non-hydrogen) atoms. The molecule has 10 heteroatoms. The number of sulfonamides is 1. The number of carbonyl (C=O) groups excluding carboxylic acids is 2. The van der Waals surface area contributed by atoms with Crippen molar-refractivity contribution in [2.45, 2.75) is 42.9 Å². The number of fused-ring (bicyclic) bond motifs is 1. The topological polar surface area (TPSA) is 114 Å². The van der Waals surface area contributed by atoms with Crippen LogP contribution in [0.4, 0.5) is 0 Å². The second-order valence-electron chi connectivity index (χ2n) is 8.82. The van der Waals surface area contributed by atoms with Crippen molar-refractivity contribution in [2.24, 2.45) is 11.8 Å². The van der Waals surface area contributed by atoms with E-state index in [1.807, 2.05) is 0 Å². The van der Waals surface area contributed by atoms with Gasteiger partial charge in [-0.3, -0.25) is 9.59 Å². The van der Waals surface area contributed by atoms with Crippen LogP contribution in [0.1, 0.15) is 36.0 Å². The summed E-state index contributed by atoms with van der Waals surface area (Å²) in [6.45, 7) is 6.15. The van der Waals surface area contributed by atoms with Crippen molar-refractivity contribution in [2.75, 3.05) is 32.8 Å². The average molecular weight is 478 g/mol. The number of ether oxygens (including phenoxy) is 2. The van der Waals surface area contributed by atoms with Crippen LogP contribution in [-0.2, 0) is 24.3 Å². The van der Waals surface area contributed by atoms with E-state index in [2.05, 4.69) is 17.2 Å². The van der Waals surface area contributed by atoms with Crippen LogP contribution in [0.15, 0.2) is 41.8 Å². The maximum Gasteiger partial charge on any atom is 0.251 e. The average Bonchev–Trinajstić information content (AvgIpc) is 3.39. The highest BCUT2D eigenvalue weighted by Gasteiger charge is 2.46. The van der Waals surface area contributed by atoms with Gasteiger partial charge in [-0.15, -0.1) is 0 Å². The number of nitrogens with one attached hydrogen (secondary N) is 2. The van der Waals surface area contributed by atoms with Gasteiger partial charge in [0.1, 0.15) is 6.23 Å². The molecule has 0 saturated carbocycles. The highest BCUT2D eigenvalue weighted by atomic mass is 32.2. The Morgan fingerprint density at radius 1 is 1.15 bits per heavy atom. The molecular formula is C23H31N3O6S. The highest BCUT2D eigenvalue weighted by Crippen LogP contribution is 2.34. The second-order valence-corrected chi connectivity index (χ2v) is 10.8. The zero-order chi connectivity index (χ0) is 23.4. The fourth-order valence-electron chi connectivity index (χ4n) is 4.69. The molecule has 3 fully saturated rings. The molecule has 4 rings (SSSR count). The lowest BCUT2D eigenvalue weighted by Gasteiger charge is -2.21. The Balaban J connectivity index is 1.29. The maximum atomic E-state index is 13.1. The van der Waals surface area contributed by atoms with Crippen LogP contribution in [0, 0.1) is 11.8 Å². The SMILES string of the molecule is C=CC(=O)NC1CC2CN(S(=O)(=O)c3ccc(C(=O)NCCC4CCOCC4)cc3)CC2O1. The molecule has 3 aliphatic rings. The molecule has 0 spiro atoms. The third kappa shape index (κ3) is 5.63. The Kier molecular flexibility index (Phi) is 7.48. The van der Waals surface area contributed by atoms with Crippen LogP contribution in [0.3, 0.4) is 0 Å². The fraction of sp³-hybridized carbons (Fsp3) is 0.565. The standard InChI is InChI=1S/C23H31N3O6S/c1-2-21(27)25-22-13-18-14-26(15-20(18)32-22)33(29,30)19-5-3-17(4-6-19)23(28)24-10-7-16-8-11-31-12-9-16/h2-6,16,18,20,22H,1,7-15H2,(H,24,28)(H,25,27). The van der Waals surface area contributed by atoms with E-state index in [1.165, 1.54) is 22.5 Å². The minimum atomic E-state index is -3.69. The van der Waals surface area contributed by atoms with E-state index in [9.17, 15) is 18.0 Å². The van der Waals surface area contributed by atoms with Gasteiger partial charge in [-0.1, -0.05) is 6.58 Å². The summed E-state index contributed by atoms with van der Waals surface area (Å²) in [5.41, 5.74) is 0.434. The second kappa shape index (κ2) is 10.3. The zero-order valence-electron chi connectivity index (χ0n) is 18.6. The smallest absolute Gasteiger partial charge is 0.251 e. The number of carbonyl (C=O) groups is 2. The van der Waals surface area contributed by atoms with Crippen molar-refractivity contribution in [1.29, 1.82) is 0 Å². The Hall–Kier alpha value is -2.27. The van der Waals surface area contributed by atoms with Gasteiger partial charge >= 0.3 is 0 Å². The van der Waals surface area contributed by atoms with E-state index < -0.39 is 16.3 Å². The Bertz CT molecular complexity index is 960. The van der Waals surface area contributed by atoms with Crippen molar-refractivity contribution in [3.8, 4) is 0 Å². The molecule has 3 unspecified atom stereocenters. The van der Waals surface area contributed by atoms with Crippen molar-refractivity contribution in [3.63, 3.8) is 0 Å². The first-order valence-corrected chi connectivity index (χ1v) is 12.9. The number of hydrogen-bond donors (Lipinski definition) is 2. The molecule has 0 radical (unpaired) electrons. The third-order valence-corrected chi connectivity index (χ3v) is 8.47. The van der Waals surface area contributed by atoms with Crippen molar-refractivity contribution in [1.82, 2.24) is 14.9 Å². The first kappa shape index (κ1) is 23.9. The summed E-state index contributed by atoms with van der Waals surface area (Å²) in [6, 6.07) is 6.05. The molecule has 3 atom stereocenters. The van der Waals surface area contributed by atoms with Crippen molar-refractivity contribution < 1.29 is 27.5 Å². The monoisotopic (exact) mass is 477 g/mol. The number of benzene rings is 1. The molecule has 0 bridgehead atoms. The summed E-state index contributed by atoms with van der Waals surface area (Å²) in [5, 5.41) is 5.62. The number of rotatable bonds is 8. The number of hydrogen-bond acceptors (Lipinski definition) is 6. The van der Waals surface area contributed by atoms with Crippen LogP contribution in [0.25, 0.3) is 0 Å². The van der Waals surface area contributed by atoms with Crippen LogP contribution in [-0.4, -0.2) is 69.7 Å².